The van der Waals surface area contributed by atoms with Crippen LogP contribution in [0.2, 0.25) is 0 Å². The minimum Gasteiger partial charge on any atom is -0.309 e. The fourth-order valence-corrected chi connectivity index (χ4v) is 8.38. The van der Waals surface area contributed by atoms with Crippen LogP contribution in [0.1, 0.15) is 5.56 Å². The molecule has 0 aliphatic rings. The van der Waals surface area contributed by atoms with Crippen LogP contribution in [-0.2, 0) is 0 Å². The van der Waals surface area contributed by atoms with Gasteiger partial charge < -0.3 is 9.13 Å². The van der Waals surface area contributed by atoms with E-state index < -0.39 is 0 Å². The van der Waals surface area contributed by atoms with Crippen LogP contribution in [0.15, 0.2) is 194 Å². The van der Waals surface area contributed by atoms with Gasteiger partial charge in [-0.3, -0.25) is 0 Å². The van der Waals surface area contributed by atoms with E-state index in [2.05, 4.69) is 150 Å². The van der Waals surface area contributed by atoms with Gasteiger partial charge in [-0.25, -0.2) is 15.0 Å². The van der Waals surface area contributed by atoms with Crippen LogP contribution in [0.25, 0.3) is 100 Å². The monoisotopic (exact) mass is 729 g/mol. The number of aromatic nitrogens is 5. The van der Waals surface area contributed by atoms with Crippen molar-refractivity contribution in [1.29, 1.82) is 0 Å². The summed E-state index contributed by atoms with van der Waals surface area (Å²) in [6.45, 7) is 2.18. The lowest BCUT2D eigenvalue weighted by molar-refractivity contribution is 1.07. The maximum Gasteiger partial charge on any atom is 0.164 e. The summed E-state index contributed by atoms with van der Waals surface area (Å²) >= 11 is 0. The van der Waals surface area contributed by atoms with E-state index in [-0.39, 0.29) is 0 Å². The lowest BCUT2D eigenvalue weighted by atomic mass is 10.0. The van der Waals surface area contributed by atoms with Gasteiger partial charge in [-0.05, 0) is 72.1 Å². The smallest absolute Gasteiger partial charge is 0.164 e. The molecule has 268 valence electrons. The molecule has 0 fully saturated rings. The predicted molar refractivity (Wildman–Crippen MR) is 235 cm³/mol. The highest BCUT2D eigenvalue weighted by Crippen LogP contribution is 2.39. The second-order valence-corrected chi connectivity index (χ2v) is 14.5. The standard InChI is InChI=1S/C52H35N5/c1-34-15-8-11-24-45(34)57-47-26-13-10-23-42(47)44-32-37(28-30-48(44)57)38-27-29-43-41-22-9-12-25-46(41)56(49(43)33-38)40-21-14-20-39(31-40)52-54-50(35-16-4-2-5-17-35)53-51(55-52)36-18-6-3-7-19-36/h2-33H,1H3. The Labute approximate surface area is 329 Å². The molecule has 0 amide bonds. The summed E-state index contributed by atoms with van der Waals surface area (Å²) in [4.78, 5) is 15.0. The number of rotatable bonds is 6. The molecular formula is C52H35N5. The molecule has 0 saturated carbocycles. The molecule has 0 spiro atoms. The summed E-state index contributed by atoms with van der Waals surface area (Å²) in [6, 6.07) is 68.6. The Bertz CT molecular complexity index is 3250. The average molecular weight is 730 g/mol. The maximum absolute atomic E-state index is 5.04. The van der Waals surface area contributed by atoms with E-state index in [1.54, 1.807) is 0 Å². The number of hydrogen-bond donors (Lipinski definition) is 0. The van der Waals surface area contributed by atoms with Crippen LogP contribution in [0.4, 0.5) is 0 Å². The van der Waals surface area contributed by atoms with Gasteiger partial charge in [0.05, 0.1) is 22.1 Å². The van der Waals surface area contributed by atoms with Crippen molar-refractivity contribution in [3.63, 3.8) is 0 Å². The molecule has 3 heterocycles. The van der Waals surface area contributed by atoms with Crippen molar-refractivity contribution in [2.75, 3.05) is 0 Å². The number of aryl methyl sites for hydroxylation is 1. The van der Waals surface area contributed by atoms with Crippen LogP contribution >= 0.6 is 0 Å². The first-order valence-electron chi connectivity index (χ1n) is 19.3. The zero-order valence-electron chi connectivity index (χ0n) is 31.2. The van der Waals surface area contributed by atoms with E-state index in [9.17, 15) is 0 Å². The molecular weight excluding hydrogens is 695 g/mol. The summed E-state index contributed by atoms with van der Waals surface area (Å²) in [5.41, 5.74) is 13.3. The molecule has 11 rings (SSSR count). The Morgan fingerprint density at radius 2 is 0.825 bits per heavy atom. The zero-order chi connectivity index (χ0) is 37.9. The van der Waals surface area contributed by atoms with Crippen molar-refractivity contribution in [3.05, 3.63) is 200 Å². The van der Waals surface area contributed by atoms with Gasteiger partial charge in [0.15, 0.2) is 17.5 Å². The van der Waals surface area contributed by atoms with Gasteiger partial charge in [-0.15, -0.1) is 0 Å². The molecule has 57 heavy (non-hydrogen) atoms. The fraction of sp³-hybridized carbons (Fsp3) is 0.0192. The minimum atomic E-state index is 0.629. The molecule has 0 saturated heterocycles. The van der Waals surface area contributed by atoms with Crippen molar-refractivity contribution in [1.82, 2.24) is 24.1 Å². The molecule has 3 aromatic heterocycles. The Hall–Kier alpha value is -7.63. The molecule has 0 N–H and O–H groups in total. The van der Waals surface area contributed by atoms with E-state index in [0.29, 0.717) is 17.5 Å². The summed E-state index contributed by atoms with van der Waals surface area (Å²) in [5.74, 6) is 1.92. The highest BCUT2D eigenvalue weighted by atomic mass is 15.0. The molecule has 0 aliphatic carbocycles. The van der Waals surface area contributed by atoms with Crippen molar-refractivity contribution in [2.45, 2.75) is 6.92 Å². The summed E-state index contributed by atoms with van der Waals surface area (Å²) < 4.78 is 4.77. The molecule has 11 aromatic rings. The quantitative estimate of drug-likeness (QED) is 0.171. The van der Waals surface area contributed by atoms with Crippen molar-refractivity contribution < 1.29 is 0 Å². The second kappa shape index (κ2) is 13.3. The topological polar surface area (TPSA) is 48.5 Å². The first kappa shape index (κ1) is 32.8. The van der Waals surface area contributed by atoms with Crippen LogP contribution < -0.4 is 0 Å². The largest absolute Gasteiger partial charge is 0.309 e. The van der Waals surface area contributed by atoms with E-state index in [0.717, 1.165) is 39.0 Å². The predicted octanol–water partition coefficient (Wildman–Crippen LogP) is 13.0. The molecule has 0 atom stereocenters. The average Bonchev–Trinajstić information content (AvgIpc) is 3.79. The third-order valence-electron chi connectivity index (χ3n) is 11.1. The van der Waals surface area contributed by atoms with Crippen molar-refractivity contribution >= 4 is 43.6 Å². The number of nitrogens with zero attached hydrogens (tertiary/aromatic N) is 5. The molecule has 0 unspecified atom stereocenters. The van der Waals surface area contributed by atoms with Crippen LogP contribution in [0.3, 0.4) is 0 Å². The maximum atomic E-state index is 5.04. The van der Waals surface area contributed by atoms with Crippen molar-refractivity contribution in [3.8, 4) is 56.7 Å². The van der Waals surface area contributed by atoms with Gasteiger partial charge in [0, 0.05) is 49.6 Å². The van der Waals surface area contributed by atoms with Crippen molar-refractivity contribution in [2.24, 2.45) is 0 Å². The Morgan fingerprint density at radius 1 is 0.316 bits per heavy atom. The highest BCUT2D eigenvalue weighted by molar-refractivity contribution is 6.12. The SMILES string of the molecule is Cc1ccccc1-n1c2ccccc2c2cc(-c3ccc4c5ccccc5n(-c5cccc(-c6nc(-c7ccccc7)nc(-c7ccccc7)n6)c5)c4c3)ccc21. The van der Waals surface area contributed by atoms with Crippen LogP contribution in [0, 0.1) is 6.92 Å². The lowest BCUT2D eigenvalue weighted by Crippen LogP contribution is -2.01. The van der Waals surface area contributed by atoms with Gasteiger partial charge in [0.2, 0.25) is 0 Å². The number of fused-ring (bicyclic) bond motifs is 6. The summed E-state index contributed by atoms with van der Waals surface area (Å²) in [5, 5.41) is 4.89. The zero-order valence-corrected chi connectivity index (χ0v) is 31.2. The van der Waals surface area contributed by atoms with Crippen LogP contribution in [0.5, 0.6) is 0 Å². The van der Waals surface area contributed by atoms with E-state index >= 15 is 0 Å². The minimum absolute atomic E-state index is 0.629. The number of para-hydroxylation sites is 3. The van der Waals surface area contributed by atoms with Gasteiger partial charge in [-0.2, -0.15) is 0 Å². The normalized spacial score (nSPS) is 11.6. The Morgan fingerprint density at radius 3 is 1.53 bits per heavy atom. The van der Waals surface area contributed by atoms with E-state index in [1.807, 2.05) is 60.7 Å². The van der Waals surface area contributed by atoms with Gasteiger partial charge >= 0.3 is 0 Å². The molecule has 0 bridgehead atoms. The highest BCUT2D eigenvalue weighted by Gasteiger charge is 2.18. The first-order valence-corrected chi connectivity index (χ1v) is 19.3. The molecule has 0 radical (unpaired) electrons. The molecule has 5 nitrogen and oxygen atoms in total. The van der Waals surface area contributed by atoms with E-state index in [1.165, 1.54) is 49.4 Å². The summed E-state index contributed by atoms with van der Waals surface area (Å²) in [7, 11) is 0. The number of benzene rings is 8. The third-order valence-corrected chi connectivity index (χ3v) is 11.1. The molecule has 8 aromatic carbocycles. The van der Waals surface area contributed by atoms with Gasteiger partial charge in [0.25, 0.3) is 0 Å². The lowest BCUT2D eigenvalue weighted by Gasteiger charge is -2.12. The van der Waals surface area contributed by atoms with Gasteiger partial charge in [0.1, 0.15) is 0 Å². The molecule has 5 heteroatoms. The second-order valence-electron chi connectivity index (χ2n) is 14.5. The van der Waals surface area contributed by atoms with Crippen LogP contribution in [-0.4, -0.2) is 24.1 Å². The number of hydrogen-bond acceptors (Lipinski definition) is 3. The van der Waals surface area contributed by atoms with Gasteiger partial charge in [-0.1, -0.05) is 146 Å². The Kier molecular flexibility index (Phi) is 7.64. The molecule has 0 aliphatic heterocycles. The summed E-state index contributed by atoms with van der Waals surface area (Å²) in [6.07, 6.45) is 0. The Balaban J connectivity index is 1.08. The fourth-order valence-electron chi connectivity index (χ4n) is 8.38. The first-order chi connectivity index (χ1) is 28.2. The third kappa shape index (κ3) is 5.51. The van der Waals surface area contributed by atoms with E-state index in [4.69, 9.17) is 15.0 Å².